The van der Waals surface area contributed by atoms with Gasteiger partial charge in [-0.2, -0.15) is 0 Å². The van der Waals surface area contributed by atoms with Crippen LogP contribution in [0, 0.1) is 25.5 Å². The average Bonchev–Trinajstić information content (AvgIpc) is 2.68. The van der Waals surface area contributed by atoms with Gasteiger partial charge in [0.25, 0.3) is 0 Å². The molecule has 5 nitrogen and oxygen atoms in total. The molecule has 0 aliphatic rings. The highest BCUT2D eigenvalue weighted by Gasteiger charge is 2.18. The predicted octanol–water partition coefficient (Wildman–Crippen LogP) is 5.20. The summed E-state index contributed by atoms with van der Waals surface area (Å²) in [4.78, 5) is 25.4. The lowest BCUT2D eigenvalue weighted by Gasteiger charge is -2.24. The van der Waals surface area contributed by atoms with Crippen molar-refractivity contribution in [3.8, 4) is 0 Å². The molecule has 0 saturated heterocycles. The van der Waals surface area contributed by atoms with Crippen LogP contribution in [-0.4, -0.2) is 15.0 Å². The summed E-state index contributed by atoms with van der Waals surface area (Å²) >= 11 is 6.19. The van der Waals surface area contributed by atoms with E-state index in [4.69, 9.17) is 11.6 Å². The van der Waals surface area contributed by atoms with E-state index in [1.807, 2.05) is 26.0 Å². The maximum Gasteiger partial charge on any atom is 0.248 e. The fourth-order valence-corrected chi connectivity index (χ4v) is 3.57. The number of hydrogen-bond donors (Lipinski definition) is 1. The number of aromatic nitrogens is 3. The van der Waals surface area contributed by atoms with E-state index >= 15 is 0 Å². The molecule has 0 bridgehead atoms. The van der Waals surface area contributed by atoms with Gasteiger partial charge in [-0.15, -0.1) is 0 Å². The van der Waals surface area contributed by atoms with Gasteiger partial charge in [-0.05, 0) is 55.8 Å². The minimum absolute atomic E-state index is 0.148. The Bertz CT molecular complexity index is 1300. The van der Waals surface area contributed by atoms with E-state index in [0.29, 0.717) is 27.6 Å². The third-order valence-electron chi connectivity index (χ3n) is 4.65. The molecule has 0 unspecified atom stereocenters. The monoisotopic (exact) mass is 426 g/mol. The van der Waals surface area contributed by atoms with Crippen LogP contribution in [-0.2, 0) is 6.54 Å². The quantitative estimate of drug-likeness (QED) is 0.487. The van der Waals surface area contributed by atoms with Gasteiger partial charge in [-0.25, -0.2) is 18.7 Å². The number of nitrogens with one attached hydrogen (secondary N) is 1. The number of aromatic amines is 1. The summed E-state index contributed by atoms with van der Waals surface area (Å²) in [6.45, 7) is 3.86. The molecular weight excluding hydrogens is 410 g/mol. The number of nitrogens with zero attached hydrogens (tertiary/aromatic N) is 3. The van der Waals surface area contributed by atoms with Crippen LogP contribution < -0.4 is 10.5 Å². The van der Waals surface area contributed by atoms with Gasteiger partial charge in [0.05, 0.1) is 12.1 Å². The second-order valence-corrected chi connectivity index (χ2v) is 7.40. The van der Waals surface area contributed by atoms with E-state index in [9.17, 15) is 13.6 Å². The third kappa shape index (κ3) is 3.89. The second kappa shape index (κ2) is 7.84. The number of pyridine rings is 1. The van der Waals surface area contributed by atoms with Crippen molar-refractivity contribution < 1.29 is 8.78 Å². The topological polar surface area (TPSA) is 61.9 Å². The summed E-state index contributed by atoms with van der Waals surface area (Å²) in [5, 5.41) is 0.913. The lowest BCUT2D eigenvalue weighted by Crippen LogP contribution is -2.21. The lowest BCUT2D eigenvalue weighted by molar-refractivity contribution is 0.515. The highest BCUT2D eigenvalue weighted by Crippen LogP contribution is 2.29. The molecule has 4 rings (SSSR count). The maximum absolute atomic E-state index is 14.3. The Morgan fingerprint density at radius 3 is 2.47 bits per heavy atom. The van der Waals surface area contributed by atoms with Crippen molar-refractivity contribution in [2.45, 2.75) is 20.4 Å². The van der Waals surface area contributed by atoms with Crippen LogP contribution in [0.25, 0.3) is 10.9 Å². The summed E-state index contributed by atoms with van der Waals surface area (Å²) in [6.07, 6.45) is 0. The highest BCUT2D eigenvalue weighted by atomic mass is 35.5. The lowest BCUT2D eigenvalue weighted by atomic mass is 10.1. The average molecular weight is 427 g/mol. The molecule has 0 atom stereocenters. The Kier molecular flexibility index (Phi) is 5.22. The summed E-state index contributed by atoms with van der Waals surface area (Å²) in [7, 11) is 0. The van der Waals surface area contributed by atoms with Gasteiger partial charge < -0.3 is 9.88 Å². The zero-order valence-corrected chi connectivity index (χ0v) is 17.0. The van der Waals surface area contributed by atoms with Crippen LogP contribution in [0.1, 0.15) is 17.0 Å². The van der Waals surface area contributed by atoms with Gasteiger partial charge in [0, 0.05) is 33.6 Å². The first-order chi connectivity index (χ1) is 14.3. The van der Waals surface area contributed by atoms with Gasteiger partial charge >= 0.3 is 0 Å². The number of hydrogen-bond acceptors (Lipinski definition) is 4. The number of aryl methyl sites for hydroxylation is 2. The molecule has 2 aromatic carbocycles. The molecule has 30 heavy (non-hydrogen) atoms. The standard InChI is InChI=1S/C22H17ClF2N4O/c1-12-8-13(2)27-22(26-12)29(16-5-3-4-15(23)10-16)11-14-9-19(30)28-21-17(14)6-7-18(24)20(21)25/h3-10H,11H2,1-2H3,(H,28,30). The molecule has 0 amide bonds. The molecule has 152 valence electrons. The van der Waals surface area contributed by atoms with Crippen LogP contribution in [0.3, 0.4) is 0 Å². The van der Waals surface area contributed by atoms with E-state index in [1.165, 1.54) is 12.1 Å². The summed E-state index contributed by atoms with van der Waals surface area (Å²) < 4.78 is 28.0. The fraction of sp³-hybridized carbons (Fsp3) is 0.136. The summed E-state index contributed by atoms with van der Waals surface area (Å²) in [5.41, 5.74) is 2.03. The van der Waals surface area contributed by atoms with Gasteiger partial charge in [0.2, 0.25) is 11.5 Å². The Hall–Kier alpha value is -3.32. The third-order valence-corrected chi connectivity index (χ3v) is 4.89. The normalized spacial score (nSPS) is 11.1. The number of benzene rings is 2. The molecule has 0 saturated carbocycles. The number of rotatable bonds is 4. The number of halogens is 3. The van der Waals surface area contributed by atoms with Gasteiger partial charge in [-0.3, -0.25) is 4.79 Å². The van der Waals surface area contributed by atoms with E-state index in [-0.39, 0.29) is 12.1 Å². The Morgan fingerprint density at radius 1 is 1.03 bits per heavy atom. The molecule has 2 heterocycles. The summed E-state index contributed by atoms with van der Waals surface area (Å²) in [5.74, 6) is -1.71. The molecule has 4 aromatic rings. The van der Waals surface area contributed by atoms with Crippen molar-refractivity contribution in [2.75, 3.05) is 4.90 Å². The van der Waals surface area contributed by atoms with Crippen LogP contribution in [0.15, 0.2) is 53.3 Å². The van der Waals surface area contributed by atoms with Crippen LogP contribution in [0.4, 0.5) is 20.4 Å². The van der Waals surface area contributed by atoms with Crippen molar-refractivity contribution >= 4 is 34.1 Å². The minimum atomic E-state index is -1.09. The van der Waals surface area contributed by atoms with E-state index in [0.717, 1.165) is 17.5 Å². The van der Waals surface area contributed by atoms with E-state index in [2.05, 4.69) is 15.0 Å². The van der Waals surface area contributed by atoms with Crippen LogP contribution in [0.5, 0.6) is 0 Å². The molecule has 0 radical (unpaired) electrons. The van der Waals surface area contributed by atoms with Crippen molar-refractivity contribution in [1.82, 2.24) is 15.0 Å². The van der Waals surface area contributed by atoms with Gasteiger partial charge in [0.1, 0.15) is 0 Å². The summed E-state index contributed by atoms with van der Waals surface area (Å²) in [6, 6.07) is 12.8. The molecule has 8 heteroatoms. The van der Waals surface area contributed by atoms with Crippen molar-refractivity contribution in [2.24, 2.45) is 0 Å². The van der Waals surface area contributed by atoms with E-state index < -0.39 is 17.2 Å². The maximum atomic E-state index is 14.3. The van der Waals surface area contributed by atoms with Gasteiger partial charge in [0.15, 0.2) is 11.6 Å². The molecule has 2 aromatic heterocycles. The van der Waals surface area contributed by atoms with Crippen LogP contribution in [0.2, 0.25) is 5.02 Å². The molecule has 1 N–H and O–H groups in total. The number of fused-ring (bicyclic) bond motifs is 1. The zero-order valence-electron chi connectivity index (χ0n) is 16.2. The largest absolute Gasteiger partial charge is 0.319 e. The SMILES string of the molecule is Cc1cc(C)nc(N(Cc2cc(=O)[nH]c3c(F)c(F)ccc23)c2cccc(Cl)c2)n1. The first kappa shape index (κ1) is 20.0. The zero-order chi connectivity index (χ0) is 21.4. The molecule has 0 spiro atoms. The predicted molar refractivity (Wildman–Crippen MR) is 113 cm³/mol. The van der Waals surface area contributed by atoms with Gasteiger partial charge in [-0.1, -0.05) is 17.7 Å². The Balaban J connectivity index is 1.91. The number of H-pyrrole nitrogens is 1. The first-order valence-corrected chi connectivity index (χ1v) is 9.55. The molecular formula is C22H17ClF2N4O. The molecule has 0 aliphatic heterocycles. The van der Waals surface area contributed by atoms with Crippen LogP contribution >= 0.6 is 11.6 Å². The van der Waals surface area contributed by atoms with E-state index in [1.54, 1.807) is 23.1 Å². The Morgan fingerprint density at radius 2 is 1.77 bits per heavy atom. The van der Waals surface area contributed by atoms with Crippen molar-refractivity contribution in [3.63, 3.8) is 0 Å². The minimum Gasteiger partial charge on any atom is -0.319 e. The van der Waals surface area contributed by atoms with Crippen molar-refractivity contribution in [3.05, 3.63) is 92.5 Å². The smallest absolute Gasteiger partial charge is 0.248 e. The molecule has 0 fully saturated rings. The fourth-order valence-electron chi connectivity index (χ4n) is 3.39. The number of anilines is 2. The Labute approximate surface area is 176 Å². The van der Waals surface area contributed by atoms with Crippen molar-refractivity contribution in [1.29, 1.82) is 0 Å². The second-order valence-electron chi connectivity index (χ2n) is 6.96. The molecule has 0 aliphatic carbocycles. The highest BCUT2D eigenvalue weighted by molar-refractivity contribution is 6.30. The first-order valence-electron chi connectivity index (χ1n) is 9.17.